The summed E-state index contributed by atoms with van der Waals surface area (Å²) in [5.41, 5.74) is -1.28. The summed E-state index contributed by atoms with van der Waals surface area (Å²) in [7, 11) is 0. The zero-order valence-electron chi connectivity index (χ0n) is 28.6. The van der Waals surface area contributed by atoms with Crippen LogP contribution < -0.4 is 0 Å². The Kier molecular flexibility index (Phi) is 18.9. The standard InChI is InChI=1S/C37H59NO6S2/c1-4-7-10-13-16-19-24-29(32(39)40)36(33(41)42,27-22-17-14-11-8-5-2)37(34(43)44,28-23-18-15-12-9-6-3)46-35-38-30-25-20-21-26-31(30)45-35/h20-21,25-26,29H,4-19,22-24,27-28H2,1-3H3,(H,39,40)(H,41,42)(H,43,44). The number of unbranched alkanes of at least 4 members (excludes halogenated alkanes) is 15. The fraction of sp³-hybridized carbons (Fsp3) is 0.730. The lowest BCUT2D eigenvalue weighted by Gasteiger charge is -2.47. The zero-order valence-corrected chi connectivity index (χ0v) is 30.2. The van der Waals surface area contributed by atoms with E-state index in [-0.39, 0.29) is 19.3 Å². The van der Waals surface area contributed by atoms with E-state index in [4.69, 9.17) is 4.98 Å². The minimum Gasteiger partial charge on any atom is -0.481 e. The predicted molar refractivity (Wildman–Crippen MR) is 191 cm³/mol. The van der Waals surface area contributed by atoms with Crippen LogP contribution in [0.2, 0.25) is 0 Å². The molecule has 3 unspecified atom stereocenters. The number of rotatable bonds is 28. The number of nitrogens with zero attached hydrogens (tertiary/aromatic N) is 1. The number of carboxylic acid groups (broad SMARTS) is 3. The molecular formula is C37H59NO6S2. The number of carboxylic acids is 3. The fourth-order valence-electron chi connectivity index (χ4n) is 6.88. The van der Waals surface area contributed by atoms with Crippen molar-refractivity contribution in [2.75, 3.05) is 0 Å². The number of carbonyl (C=O) groups is 3. The van der Waals surface area contributed by atoms with Crippen LogP contribution in [0.3, 0.4) is 0 Å². The number of hydrogen-bond acceptors (Lipinski definition) is 6. The Hall–Kier alpha value is -2.13. The summed E-state index contributed by atoms with van der Waals surface area (Å²) in [6.07, 6.45) is 16.6. The SMILES string of the molecule is CCCCCCCCC(C(=O)O)C(CCCCCCCC)(C(=O)O)C(CCCCCCCC)(Sc1nc2ccccc2s1)C(=O)O. The van der Waals surface area contributed by atoms with Crippen molar-refractivity contribution in [1.82, 2.24) is 4.98 Å². The monoisotopic (exact) mass is 677 g/mol. The molecule has 0 aliphatic heterocycles. The van der Waals surface area contributed by atoms with Crippen LogP contribution in [0.1, 0.15) is 156 Å². The molecule has 7 nitrogen and oxygen atoms in total. The van der Waals surface area contributed by atoms with Crippen LogP contribution in [-0.2, 0) is 14.4 Å². The van der Waals surface area contributed by atoms with Gasteiger partial charge in [-0.3, -0.25) is 14.4 Å². The van der Waals surface area contributed by atoms with Gasteiger partial charge >= 0.3 is 17.9 Å². The summed E-state index contributed by atoms with van der Waals surface area (Å²) in [4.78, 5) is 45.6. The highest BCUT2D eigenvalue weighted by Crippen LogP contribution is 2.58. The predicted octanol–water partition coefficient (Wildman–Crippen LogP) is 11.2. The van der Waals surface area contributed by atoms with E-state index in [9.17, 15) is 29.7 Å². The van der Waals surface area contributed by atoms with E-state index in [1.165, 1.54) is 11.3 Å². The molecule has 2 aromatic rings. The molecule has 0 radical (unpaired) electrons. The second-order valence-electron chi connectivity index (χ2n) is 12.9. The van der Waals surface area contributed by atoms with E-state index in [0.717, 1.165) is 118 Å². The van der Waals surface area contributed by atoms with Crippen LogP contribution in [0.4, 0.5) is 0 Å². The first-order valence-corrected chi connectivity index (χ1v) is 19.6. The van der Waals surface area contributed by atoms with Gasteiger partial charge in [-0.05, 0) is 31.4 Å². The normalized spacial score (nSPS) is 14.9. The minimum atomic E-state index is -2.01. The number of aromatic nitrogens is 1. The summed E-state index contributed by atoms with van der Waals surface area (Å²) in [5, 5.41) is 33.3. The van der Waals surface area contributed by atoms with Gasteiger partial charge in [0, 0.05) is 0 Å². The molecule has 0 aliphatic carbocycles. The van der Waals surface area contributed by atoms with Gasteiger partial charge in [-0.1, -0.05) is 160 Å². The van der Waals surface area contributed by atoms with Crippen molar-refractivity contribution < 1.29 is 29.7 Å². The lowest BCUT2D eigenvalue weighted by atomic mass is 9.60. The number of para-hydroxylation sites is 1. The highest BCUT2D eigenvalue weighted by Gasteiger charge is 2.66. The second-order valence-corrected chi connectivity index (χ2v) is 15.5. The zero-order chi connectivity index (χ0) is 33.8. The smallest absolute Gasteiger partial charge is 0.321 e. The van der Waals surface area contributed by atoms with Crippen LogP contribution >= 0.6 is 23.1 Å². The van der Waals surface area contributed by atoms with Gasteiger partial charge in [0.25, 0.3) is 0 Å². The molecule has 0 saturated carbocycles. The van der Waals surface area contributed by atoms with Crippen molar-refractivity contribution in [3.05, 3.63) is 24.3 Å². The van der Waals surface area contributed by atoms with Crippen molar-refractivity contribution in [2.45, 2.75) is 165 Å². The van der Waals surface area contributed by atoms with Gasteiger partial charge in [0.15, 0.2) is 4.34 Å². The maximum absolute atomic E-state index is 13.8. The van der Waals surface area contributed by atoms with Crippen LogP contribution in [0.25, 0.3) is 10.2 Å². The molecule has 260 valence electrons. The molecule has 0 fully saturated rings. The molecule has 0 spiro atoms. The van der Waals surface area contributed by atoms with E-state index in [1.807, 2.05) is 24.3 Å². The van der Waals surface area contributed by atoms with Crippen molar-refractivity contribution in [3.8, 4) is 0 Å². The van der Waals surface area contributed by atoms with Gasteiger partial charge in [-0.2, -0.15) is 0 Å². The molecule has 9 heteroatoms. The Balaban J connectivity index is 2.65. The molecule has 0 saturated heterocycles. The summed E-state index contributed by atoms with van der Waals surface area (Å²) in [6, 6.07) is 7.56. The number of thiazole rings is 1. The van der Waals surface area contributed by atoms with Crippen molar-refractivity contribution in [2.24, 2.45) is 11.3 Å². The number of aliphatic carboxylic acids is 3. The van der Waals surface area contributed by atoms with Crippen molar-refractivity contribution in [3.63, 3.8) is 0 Å². The van der Waals surface area contributed by atoms with E-state index in [1.54, 1.807) is 0 Å². The summed E-state index contributed by atoms with van der Waals surface area (Å²) in [6.45, 7) is 6.42. The Morgan fingerprint density at radius 3 is 1.70 bits per heavy atom. The second kappa shape index (κ2) is 21.7. The molecule has 2 rings (SSSR count). The summed E-state index contributed by atoms with van der Waals surface area (Å²) < 4.78 is -0.527. The van der Waals surface area contributed by atoms with Gasteiger partial charge in [-0.25, -0.2) is 4.98 Å². The number of thioether (sulfide) groups is 1. The molecule has 3 atom stereocenters. The molecule has 46 heavy (non-hydrogen) atoms. The van der Waals surface area contributed by atoms with Crippen LogP contribution in [0.5, 0.6) is 0 Å². The number of fused-ring (bicyclic) bond motifs is 1. The van der Waals surface area contributed by atoms with Gasteiger partial charge in [0.05, 0.1) is 16.1 Å². The molecule has 1 aromatic carbocycles. The maximum atomic E-state index is 13.8. The maximum Gasteiger partial charge on any atom is 0.321 e. The molecule has 1 heterocycles. The fourth-order valence-corrected chi connectivity index (χ4v) is 9.73. The Morgan fingerprint density at radius 1 is 0.696 bits per heavy atom. The molecule has 1 aromatic heterocycles. The third-order valence-corrected chi connectivity index (χ3v) is 12.2. The quantitative estimate of drug-likeness (QED) is 0.0600. The lowest BCUT2D eigenvalue weighted by molar-refractivity contribution is -0.173. The van der Waals surface area contributed by atoms with Crippen LogP contribution in [-0.4, -0.2) is 43.0 Å². The first-order chi connectivity index (χ1) is 22.2. The minimum absolute atomic E-state index is 0.0152. The average Bonchev–Trinajstić information content (AvgIpc) is 3.44. The largest absolute Gasteiger partial charge is 0.481 e. The Labute approximate surface area is 285 Å². The first-order valence-electron chi connectivity index (χ1n) is 17.9. The van der Waals surface area contributed by atoms with Crippen molar-refractivity contribution in [1.29, 1.82) is 0 Å². The Morgan fingerprint density at radius 2 is 1.20 bits per heavy atom. The third-order valence-electron chi connectivity index (χ3n) is 9.53. The van der Waals surface area contributed by atoms with E-state index >= 15 is 0 Å². The van der Waals surface area contributed by atoms with E-state index < -0.39 is 34.0 Å². The number of hydrogen-bond donors (Lipinski definition) is 3. The average molecular weight is 678 g/mol. The highest BCUT2D eigenvalue weighted by molar-refractivity contribution is 8.03. The van der Waals surface area contributed by atoms with E-state index in [0.29, 0.717) is 23.6 Å². The first kappa shape index (κ1) is 40.0. The topological polar surface area (TPSA) is 125 Å². The van der Waals surface area contributed by atoms with Crippen LogP contribution in [0, 0.1) is 11.3 Å². The van der Waals surface area contributed by atoms with Crippen LogP contribution in [0.15, 0.2) is 28.6 Å². The third kappa shape index (κ3) is 11.2. The molecule has 3 N–H and O–H groups in total. The lowest BCUT2D eigenvalue weighted by Crippen LogP contribution is -2.61. The van der Waals surface area contributed by atoms with Gasteiger partial charge < -0.3 is 15.3 Å². The molecule has 0 amide bonds. The van der Waals surface area contributed by atoms with Gasteiger partial charge in [0.2, 0.25) is 0 Å². The molecule has 0 bridgehead atoms. The highest BCUT2D eigenvalue weighted by atomic mass is 32.2. The molecule has 0 aliphatic rings. The summed E-state index contributed by atoms with van der Waals surface area (Å²) in [5.74, 6) is -5.08. The van der Waals surface area contributed by atoms with E-state index in [2.05, 4.69) is 20.8 Å². The number of benzene rings is 1. The Bertz CT molecular complexity index is 1150. The summed E-state index contributed by atoms with van der Waals surface area (Å²) >= 11 is 2.36. The molecular weight excluding hydrogens is 619 g/mol. The van der Waals surface area contributed by atoms with Gasteiger partial charge in [0.1, 0.15) is 10.2 Å². The van der Waals surface area contributed by atoms with Crippen molar-refractivity contribution >= 4 is 51.2 Å². The van der Waals surface area contributed by atoms with Gasteiger partial charge in [-0.15, -0.1) is 11.3 Å².